The molecule has 2 aliphatic heterocycles. The summed E-state index contributed by atoms with van der Waals surface area (Å²) in [6.07, 6.45) is 8.22. The van der Waals surface area contributed by atoms with Crippen molar-refractivity contribution >= 4 is 34.6 Å². The molecule has 2 aliphatic rings. The molecule has 0 atom stereocenters. The second-order valence-electron chi connectivity index (χ2n) is 13.5. The number of aliphatic imine (C=N–C) groups is 2. The summed E-state index contributed by atoms with van der Waals surface area (Å²) in [4.78, 5) is 14.7. The van der Waals surface area contributed by atoms with Gasteiger partial charge in [0.1, 0.15) is 24.7 Å². The molecule has 0 bridgehead atoms. The first-order valence-corrected chi connectivity index (χ1v) is 20.3. The zero-order valence-corrected chi connectivity index (χ0v) is 34.0. The van der Waals surface area contributed by atoms with E-state index < -0.39 is 0 Å². The van der Waals surface area contributed by atoms with E-state index in [2.05, 4.69) is 9.80 Å². The molecule has 0 N–H and O–H groups in total. The van der Waals surface area contributed by atoms with Crippen molar-refractivity contribution in [3.8, 4) is 23.0 Å². The van der Waals surface area contributed by atoms with Crippen molar-refractivity contribution in [1.29, 1.82) is 0 Å². The van der Waals surface area contributed by atoms with Crippen LogP contribution >= 0.6 is 23.2 Å². The summed E-state index contributed by atoms with van der Waals surface area (Å²) in [5.41, 5.74) is 4.18. The van der Waals surface area contributed by atoms with E-state index in [0.29, 0.717) is 66.8 Å². The molecule has 2 heterocycles. The van der Waals surface area contributed by atoms with Crippen molar-refractivity contribution in [2.45, 2.75) is 44.9 Å². The van der Waals surface area contributed by atoms with E-state index in [4.69, 9.17) is 42.7 Å². The monoisotopic (exact) mass is 828 g/mol. The predicted octanol–water partition coefficient (Wildman–Crippen LogP) is 7.75. The van der Waals surface area contributed by atoms with Gasteiger partial charge in [0.2, 0.25) is 0 Å². The van der Waals surface area contributed by atoms with Gasteiger partial charge in [-0.05, 0) is 106 Å². The van der Waals surface area contributed by atoms with Crippen molar-refractivity contribution < 1.29 is 36.2 Å². The molecular formula is C44H52Cl2N4NiO4. The van der Waals surface area contributed by atoms with E-state index in [1.54, 1.807) is 12.1 Å². The van der Waals surface area contributed by atoms with Gasteiger partial charge >= 0.3 is 16.5 Å². The van der Waals surface area contributed by atoms with E-state index in [1.165, 1.54) is 38.5 Å². The van der Waals surface area contributed by atoms with Gasteiger partial charge in [0, 0.05) is 37.3 Å². The minimum absolute atomic E-state index is 0. The molecule has 2 saturated heterocycles. The van der Waals surface area contributed by atoms with Crippen LogP contribution in [-0.2, 0) is 16.5 Å². The first-order valence-electron chi connectivity index (χ1n) is 19.2. The Kier molecular flexibility index (Phi) is 19.9. The third-order valence-corrected chi connectivity index (χ3v) is 9.62. The number of ether oxygens (including phenoxy) is 2. The van der Waals surface area contributed by atoms with Crippen molar-refractivity contribution in [3.05, 3.63) is 119 Å². The number of nitrogens with zero attached hydrogens (tertiary/aromatic N) is 4. The molecule has 11 heteroatoms. The Morgan fingerprint density at radius 2 is 0.945 bits per heavy atom. The maximum absolute atomic E-state index is 13.4. The summed E-state index contributed by atoms with van der Waals surface area (Å²) in [6, 6.07) is 30.2. The van der Waals surface area contributed by atoms with Crippen molar-refractivity contribution in [1.82, 2.24) is 9.80 Å². The Morgan fingerprint density at radius 1 is 0.564 bits per heavy atom. The minimum Gasteiger partial charge on any atom is -0.872 e. The maximum atomic E-state index is 13.4. The average Bonchev–Trinajstić information content (AvgIpc) is 3.20. The molecule has 55 heavy (non-hydrogen) atoms. The van der Waals surface area contributed by atoms with Crippen LogP contribution in [0.5, 0.6) is 23.0 Å². The van der Waals surface area contributed by atoms with Crippen LogP contribution in [0, 0.1) is 0 Å². The van der Waals surface area contributed by atoms with Gasteiger partial charge in [-0.2, -0.15) is 0 Å². The third kappa shape index (κ3) is 14.5. The molecular weight excluding hydrogens is 778 g/mol. The topological polar surface area (TPSA) is 95.8 Å². The zero-order chi connectivity index (χ0) is 37.8. The largest absolute Gasteiger partial charge is 2.00 e. The molecule has 296 valence electrons. The van der Waals surface area contributed by atoms with Crippen molar-refractivity contribution in [3.63, 3.8) is 0 Å². The van der Waals surface area contributed by atoms with Crippen LogP contribution in [0.2, 0.25) is 0 Å². The molecule has 2 fully saturated rings. The average molecular weight is 831 g/mol. The number of benzene rings is 4. The van der Waals surface area contributed by atoms with Crippen LogP contribution in [-0.4, -0.2) is 92.1 Å². The van der Waals surface area contributed by atoms with Crippen LogP contribution in [0.3, 0.4) is 0 Å². The smallest absolute Gasteiger partial charge is 0.872 e. The van der Waals surface area contributed by atoms with Gasteiger partial charge in [-0.25, -0.2) is 0 Å². The predicted molar refractivity (Wildman–Crippen MR) is 218 cm³/mol. The fourth-order valence-electron chi connectivity index (χ4n) is 6.84. The summed E-state index contributed by atoms with van der Waals surface area (Å²) >= 11 is 9.53. The molecule has 0 aromatic heterocycles. The fraction of sp³-hybridized carbons (Fsp3) is 0.409. The van der Waals surface area contributed by atoms with E-state index in [9.17, 15) is 10.2 Å². The molecule has 0 radical (unpaired) electrons. The minimum atomic E-state index is -0.112. The zero-order valence-electron chi connectivity index (χ0n) is 31.5. The first kappa shape index (κ1) is 44.1. The van der Waals surface area contributed by atoms with Crippen LogP contribution in [0.4, 0.5) is 0 Å². The van der Waals surface area contributed by atoms with Gasteiger partial charge in [-0.1, -0.05) is 85.0 Å². The van der Waals surface area contributed by atoms with Crippen molar-refractivity contribution in [2.75, 3.05) is 70.9 Å². The second-order valence-corrected chi connectivity index (χ2v) is 14.3. The number of halogens is 2. The summed E-state index contributed by atoms with van der Waals surface area (Å²) in [5, 5.41) is 26.9. The Balaban J connectivity index is 0.00000163. The SMILES string of the molecule is ClCCl.[Ni+2].[O-]c1cc(OCCN2CCCCC2)ccc1C(=NCCCN=C(c1ccccc1)c1ccc(OCCN2CCCCC2)cc1[O-])c1ccccc1. The third-order valence-electron chi connectivity index (χ3n) is 9.62. The maximum Gasteiger partial charge on any atom is 2.00 e. The number of hydrogen-bond donors (Lipinski definition) is 0. The van der Waals surface area contributed by atoms with Crippen LogP contribution in [0.25, 0.3) is 0 Å². The molecule has 6 rings (SSSR count). The van der Waals surface area contributed by atoms with Gasteiger partial charge in [0.05, 0.1) is 16.8 Å². The van der Waals surface area contributed by atoms with Gasteiger partial charge in [-0.3, -0.25) is 19.8 Å². The van der Waals surface area contributed by atoms with E-state index in [0.717, 1.165) is 50.4 Å². The summed E-state index contributed by atoms with van der Waals surface area (Å²) < 4.78 is 11.9. The van der Waals surface area contributed by atoms with Gasteiger partial charge in [-0.15, -0.1) is 23.2 Å². The van der Waals surface area contributed by atoms with Gasteiger partial charge in [0.25, 0.3) is 0 Å². The molecule has 0 saturated carbocycles. The Bertz CT molecular complexity index is 1620. The van der Waals surface area contributed by atoms with E-state index in [1.807, 2.05) is 84.9 Å². The molecule has 8 nitrogen and oxygen atoms in total. The Morgan fingerprint density at radius 3 is 1.31 bits per heavy atom. The summed E-state index contributed by atoms with van der Waals surface area (Å²) in [6.45, 7) is 8.28. The quantitative estimate of drug-likeness (QED) is 0.0497. The molecule has 0 unspecified atom stereocenters. The molecule has 4 aromatic rings. The number of hydrogen-bond acceptors (Lipinski definition) is 8. The standard InChI is InChI=1S/C43H52N4O4.CH2Cl2.Ni/c48-40-32-36(50-30-28-46-24-9-3-10-25-46)18-20-38(40)42(34-14-5-1-6-15-34)44-22-13-23-45-43(35-16-7-2-8-17-35)39-21-19-37(33-41(39)49)51-31-29-47-26-11-4-12-27-47;2-1-3;/h1-2,5-8,14-21,32-33,48-49H,3-4,9-13,22-31H2;1H2;/q;;+2/p-2. The van der Waals surface area contributed by atoms with Crippen LogP contribution in [0.15, 0.2) is 107 Å². The molecule has 4 aromatic carbocycles. The van der Waals surface area contributed by atoms with E-state index in [-0.39, 0.29) is 33.3 Å². The number of piperidine rings is 2. The molecule has 0 spiro atoms. The molecule has 0 aliphatic carbocycles. The summed E-state index contributed by atoms with van der Waals surface area (Å²) in [7, 11) is 0. The fourth-order valence-corrected chi connectivity index (χ4v) is 6.84. The normalized spacial score (nSPS) is 15.4. The van der Waals surface area contributed by atoms with Crippen LogP contribution in [0.1, 0.15) is 67.2 Å². The Labute approximate surface area is 347 Å². The Hall–Kier alpha value is -3.59. The van der Waals surface area contributed by atoms with Gasteiger partial charge < -0.3 is 19.7 Å². The molecule has 0 amide bonds. The van der Waals surface area contributed by atoms with E-state index >= 15 is 0 Å². The number of likely N-dealkylation sites (tertiary alicyclic amines) is 2. The number of rotatable bonds is 16. The van der Waals surface area contributed by atoms with Gasteiger partial charge in [0.15, 0.2) is 0 Å². The van der Waals surface area contributed by atoms with Crippen molar-refractivity contribution in [2.24, 2.45) is 9.98 Å². The van der Waals surface area contributed by atoms with Crippen LogP contribution < -0.4 is 19.7 Å². The number of alkyl halides is 2. The summed E-state index contributed by atoms with van der Waals surface area (Å²) in [5.74, 6) is 0.954. The second kappa shape index (κ2) is 24.8. The first-order chi connectivity index (χ1) is 26.6.